The van der Waals surface area contributed by atoms with Gasteiger partial charge in [0.1, 0.15) is 0 Å². The summed E-state index contributed by atoms with van der Waals surface area (Å²) >= 11 is 0. The Morgan fingerprint density at radius 1 is 1.31 bits per heavy atom. The van der Waals surface area contributed by atoms with Crippen molar-refractivity contribution in [2.45, 2.75) is 58.6 Å². The fraction of sp³-hybridized carbons (Fsp3) is 0.600. The molecule has 6 heteroatoms. The topological polar surface area (TPSA) is 64.6 Å². The average molecular weight is 365 g/mol. The zero-order chi connectivity index (χ0) is 19.3. The number of amides is 1. The molecule has 0 saturated heterocycles. The van der Waals surface area contributed by atoms with Crippen molar-refractivity contribution in [1.82, 2.24) is 5.32 Å². The molecular formula is C20H28FNO4. The van der Waals surface area contributed by atoms with Crippen molar-refractivity contribution >= 4 is 11.9 Å². The number of hydrogen-bond donors (Lipinski definition) is 1. The lowest BCUT2D eigenvalue weighted by atomic mass is 9.78. The maximum atomic E-state index is 13.7. The molecule has 1 N–H and O–H groups in total. The van der Waals surface area contributed by atoms with Crippen LogP contribution in [0.15, 0.2) is 18.2 Å². The van der Waals surface area contributed by atoms with Gasteiger partial charge < -0.3 is 14.8 Å². The number of rotatable bonds is 6. The molecular weight excluding hydrogens is 337 g/mol. The van der Waals surface area contributed by atoms with Crippen molar-refractivity contribution in [3.8, 4) is 5.75 Å². The van der Waals surface area contributed by atoms with Crippen molar-refractivity contribution in [1.29, 1.82) is 0 Å². The third kappa shape index (κ3) is 5.19. The van der Waals surface area contributed by atoms with Crippen molar-refractivity contribution in [3.05, 3.63) is 29.6 Å². The Morgan fingerprint density at radius 3 is 2.69 bits per heavy atom. The third-order valence-corrected chi connectivity index (χ3v) is 5.28. The fourth-order valence-corrected chi connectivity index (χ4v) is 3.36. The van der Waals surface area contributed by atoms with Crippen LogP contribution in [0.4, 0.5) is 4.39 Å². The molecule has 1 aliphatic carbocycles. The van der Waals surface area contributed by atoms with Gasteiger partial charge in [-0.1, -0.05) is 32.8 Å². The fourth-order valence-electron chi connectivity index (χ4n) is 3.36. The van der Waals surface area contributed by atoms with Crippen molar-refractivity contribution in [2.24, 2.45) is 11.8 Å². The standard InChI is InChI=1S/C20H28FNO4/c1-12-6-5-7-17(13(12)2)22-20(24)14(3)26-19(23)11-15-8-9-18(25-4)16(21)10-15/h8-10,12-14,17H,5-7,11H2,1-4H3,(H,22,24). The molecule has 2 rings (SSSR count). The highest BCUT2D eigenvalue weighted by molar-refractivity contribution is 5.84. The Bertz CT molecular complexity index is 649. The molecule has 1 amide bonds. The molecule has 0 radical (unpaired) electrons. The first-order valence-electron chi connectivity index (χ1n) is 9.14. The van der Waals surface area contributed by atoms with E-state index in [4.69, 9.17) is 9.47 Å². The molecule has 0 spiro atoms. The first-order valence-corrected chi connectivity index (χ1v) is 9.14. The van der Waals surface area contributed by atoms with Crippen LogP contribution in [0.5, 0.6) is 5.75 Å². The van der Waals surface area contributed by atoms with Gasteiger partial charge in [0.25, 0.3) is 5.91 Å². The summed E-state index contributed by atoms with van der Waals surface area (Å²) < 4.78 is 23.7. The second-order valence-corrected chi connectivity index (χ2v) is 7.16. The largest absolute Gasteiger partial charge is 0.494 e. The van der Waals surface area contributed by atoms with Crippen LogP contribution >= 0.6 is 0 Å². The summed E-state index contributed by atoms with van der Waals surface area (Å²) in [7, 11) is 1.38. The molecule has 1 fully saturated rings. The first-order chi connectivity index (χ1) is 12.3. The Balaban J connectivity index is 1.86. The van der Waals surface area contributed by atoms with Gasteiger partial charge in [-0.2, -0.15) is 0 Å². The quantitative estimate of drug-likeness (QED) is 0.786. The lowest BCUT2D eigenvalue weighted by Crippen LogP contribution is -2.47. The Morgan fingerprint density at radius 2 is 2.04 bits per heavy atom. The summed E-state index contributed by atoms with van der Waals surface area (Å²) in [6, 6.07) is 4.40. The Kier molecular flexibility index (Phi) is 7.00. The van der Waals surface area contributed by atoms with Crippen molar-refractivity contribution < 1.29 is 23.5 Å². The van der Waals surface area contributed by atoms with E-state index in [1.54, 1.807) is 13.0 Å². The molecule has 4 unspecified atom stereocenters. The van der Waals surface area contributed by atoms with Crippen LogP contribution in [0.2, 0.25) is 0 Å². The lowest BCUT2D eigenvalue weighted by molar-refractivity contribution is -0.154. The van der Waals surface area contributed by atoms with Gasteiger partial charge >= 0.3 is 5.97 Å². The summed E-state index contributed by atoms with van der Waals surface area (Å²) in [6.45, 7) is 5.89. The number of benzene rings is 1. The number of hydrogen-bond acceptors (Lipinski definition) is 4. The zero-order valence-electron chi connectivity index (χ0n) is 15.9. The van der Waals surface area contributed by atoms with Crippen LogP contribution in [-0.2, 0) is 20.7 Å². The van der Waals surface area contributed by atoms with E-state index in [-0.39, 0.29) is 24.1 Å². The number of ether oxygens (including phenoxy) is 2. The number of halogens is 1. The summed E-state index contributed by atoms with van der Waals surface area (Å²) in [5.41, 5.74) is 0.468. The molecule has 1 aromatic carbocycles. The van der Waals surface area contributed by atoms with E-state index in [1.807, 2.05) is 0 Å². The Hall–Kier alpha value is -2.11. The number of carbonyl (C=O) groups is 2. The van der Waals surface area contributed by atoms with Gasteiger partial charge in [-0.15, -0.1) is 0 Å². The molecule has 0 aliphatic heterocycles. The maximum Gasteiger partial charge on any atom is 0.311 e. The second-order valence-electron chi connectivity index (χ2n) is 7.16. The van der Waals surface area contributed by atoms with Gasteiger partial charge in [0.05, 0.1) is 13.5 Å². The molecule has 4 atom stereocenters. The predicted molar refractivity (Wildman–Crippen MR) is 96.3 cm³/mol. The van der Waals surface area contributed by atoms with Crippen molar-refractivity contribution in [2.75, 3.05) is 7.11 Å². The highest BCUT2D eigenvalue weighted by atomic mass is 19.1. The highest BCUT2D eigenvalue weighted by Crippen LogP contribution is 2.29. The lowest BCUT2D eigenvalue weighted by Gasteiger charge is -2.35. The average Bonchev–Trinajstić information content (AvgIpc) is 2.59. The van der Waals surface area contributed by atoms with Crippen LogP contribution < -0.4 is 10.1 Å². The highest BCUT2D eigenvalue weighted by Gasteiger charge is 2.30. The summed E-state index contributed by atoms with van der Waals surface area (Å²) in [6.07, 6.45) is 2.23. The van der Waals surface area contributed by atoms with E-state index < -0.39 is 17.9 Å². The van der Waals surface area contributed by atoms with Crippen LogP contribution in [0.25, 0.3) is 0 Å². The van der Waals surface area contributed by atoms with E-state index in [0.717, 1.165) is 12.8 Å². The van der Waals surface area contributed by atoms with Crippen LogP contribution in [0.3, 0.4) is 0 Å². The third-order valence-electron chi connectivity index (χ3n) is 5.28. The molecule has 1 aliphatic rings. The van der Waals surface area contributed by atoms with Gasteiger partial charge in [0, 0.05) is 6.04 Å². The van der Waals surface area contributed by atoms with E-state index >= 15 is 0 Å². The van der Waals surface area contributed by atoms with Gasteiger partial charge in [-0.25, -0.2) is 4.39 Å². The molecule has 0 bridgehead atoms. The minimum absolute atomic E-state index is 0.102. The SMILES string of the molecule is COc1ccc(CC(=O)OC(C)C(=O)NC2CCCC(C)C2C)cc1F. The molecule has 1 aromatic rings. The van der Waals surface area contributed by atoms with Crippen LogP contribution in [0.1, 0.15) is 45.6 Å². The smallest absolute Gasteiger partial charge is 0.311 e. The van der Waals surface area contributed by atoms with Gasteiger partial charge in [0.15, 0.2) is 17.7 Å². The molecule has 0 aromatic heterocycles. The Labute approximate surface area is 154 Å². The summed E-state index contributed by atoms with van der Waals surface area (Å²) in [5.74, 6) is -0.308. The molecule has 26 heavy (non-hydrogen) atoms. The number of carbonyl (C=O) groups excluding carboxylic acids is 2. The van der Waals surface area contributed by atoms with E-state index in [2.05, 4.69) is 19.2 Å². The van der Waals surface area contributed by atoms with Gasteiger partial charge in [-0.05, 0) is 42.9 Å². The van der Waals surface area contributed by atoms with Gasteiger partial charge in [0.2, 0.25) is 0 Å². The number of nitrogens with one attached hydrogen (secondary N) is 1. The summed E-state index contributed by atoms with van der Waals surface area (Å²) in [4.78, 5) is 24.4. The predicted octanol–water partition coefficient (Wildman–Crippen LogP) is 3.25. The minimum Gasteiger partial charge on any atom is -0.494 e. The number of esters is 1. The molecule has 0 heterocycles. The molecule has 5 nitrogen and oxygen atoms in total. The van der Waals surface area contributed by atoms with Crippen molar-refractivity contribution in [3.63, 3.8) is 0 Å². The second kappa shape index (κ2) is 9.01. The zero-order valence-corrected chi connectivity index (χ0v) is 15.9. The van der Waals surface area contributed by atoms with E-state index in [0.29, 0.717) is 17.4 Å². The number of methoxy groups -OCH3 is 1. The maximum absolute atomic E-state index is 13.7. The monoisotopic (exact) mass is 365 g/mol. The van der Waals surface area contributed by atoms with Crippen LogP contribution in [0, 0.1) is 17.7 Å². The molecule has 1 saturated carbocycles. The van der Waals surface area contributed by atoms with Crippen LogP contribution in [-0.4, -0.2) is 31.1 Å². The van der Waals surface area contributed by atoms with Gasteiger partial charge in [-0.3, -0.25) is 9.59 Å². The molecule has 144 valence electrons. The summed E-state index contributed by atoms with van der Waals surface area (Å²) in [5, 5.41) is 3.00. The normalized spacial score (nSPS) is 23.8. The van der Waals surface area contributed by atoms with E-state index in [9.17, 15) is 14.0 Å². The van der Waals surface area contributed by atoms with E-state index in [1.165, 1.54) is 25.7 Å². The minimum atomic E-state index is -0.880. The first kappa shape index (κ1) is 20.2.